The summed E-state index contributed by atoms with van der Waals surface area (Å²) in [6, 6.07) is 20.5. The van der Waals surface area contributed by atoms with Gasteiger partial charge in [-0.3, -0.25) is 0 Å². The van der Waals surface area contributed by atoms with Crippen molar-refractivity contribution in [2.45, 2.75) is 31.1 Å². The van der Waals surface area contributed by atoms with E-state index in [4.69, 9.17) is 0 Å². The molecule has 0 saturated carbocycles. The summed E-state index contributed by atoms with van der Waals surface area (Å²) >= 11 is 0. The quantitative estimate of drug-likeness (QED) is 0.287. The van der Waals surface area contributed by atoms with Gasteiger partial charge in [-0.25, -0.2) is 0 Å². The number of rotatable bonds is 4. The molecule has 4 aromatic carbocycles. The van der Waals surface area contributed by atoms with Crippen molar-refractivity contribution in [2.75, 3.05) is 0 Å². The summed E-state index contributed by atoms with van der Waals surface area (Å²) in [5.74, 6) is 0. The summed E-state index contributed by atoms with van der Waals surface area (Å²) < 4.78 is 0. The Morgan fingerprint density at radius 3 is 2.32 bits per heavy atom. The average molecular weight is 343 g/mol. The van der Waals surface area contributed by atoms with Gasteiger partial charge in [-0.1, -0.05) is 74.0 Å². The molecular weight excluding hydrogens is 320 g/mol. The van der Waals surface area contributed by atoms with Gasteiger partial charge in [0.2, 0.25) is 0 Å². The monoisotopic (exact) mass is 342 g/mol. The maximum absolute atomic E-state index is 2.44. The fourth-order valence-electron chi connectivity index (χ4n) is 4.14. The van der Waals surface area contributed by atoms with Crippen molar-refractivity contribution in [2.24, 2.45) is 0 Å². The molecule has 4 aromatic rings. The first-order valence-electron chi connectivity index (χ1n) is 9.20. The van der Waals surface area contributed by atoms with E-state index in [1.165, 1.54) is 56.5 Å². The molecule has 25 heavy (non-hydrogen) atoms. The molecule has 0 amide bonds. The van der Waals surface area contributed by atoms with Crippen LogP contribution in [0, 0.1) is 0 Å². The van der Waals surface area contributed by atoms with E-state index in [-0.39, 0.29) is 10.9 Å². The van der Waals surface area contributed by atoms with Gasteiger partial charge in [-0.05, 0) is 61.5 Å². The van der Waals surface area contributed by atoms with E-state index >= 15 is 0 Å². The Labute approximate surface area is 151 Å². The van der Waals surface area contributed by atoms with Crippen LogP contribution in [0.3, 0.4) is 0 Å². The Morgan fingerprint density at radius 2 is 1.52 bits per heavy atom. The number of benzene rings is 4. The number of unbranched alkanes of at least 4 members (excludes halogenated alkanes) is 1. The van der Waals surface area contributed by atoms with Gasteiger partial charge < -0.3 is 0 Å². The van der Waals surface area contributed by atoms with E-state index < -0.39 is 0 Å². The molecule has 0 nitrogen and oxygen atoms in total. The molecule has 1 unspecified atom stereocenters. The summed E-state index contributed by atoms with van der Waals surface area (Å²) in [7, 11) is -0.312. The predicted molar refractivity (Wildman–Crippen MR) is 114 cm³/mol. The lowest BCUT2D eigenvalue weighted by atomic mass is 9.94. The van der Waals surface area contributed by atoms with Crippen LogP contribution < -0.4 is 0 Å². The van der Waals surface area contributed by atoms with E-state index in [1.807, 2.05) is 0 Å². The van der Waals surface area contributed by atoms with Gasteiger partial charge in [0.25, 0.3) is 0 Å². The second kappa shape index (κ2) is 5.93. The summed E-state index contributed by atoms with van der Waals surface area (Å²) in [4.78, 5) is 3.16. The van der Waals surface area contributed by atoms with Gasteiger partial charge in [0.15, 0.2) is 0 Å². The van der Waals surface area contributed by atoms with Crippen molar-refractivity contribution in [3.8, 4) is 0 Å². The minimum Gasteiger partial charge on any atom is -0.183 e. The van der Waals surface area contributed by atoms with Crippen LogP contribution in [0.1, 0.15) is 26.2 Å². The Morgan fingerprint density at radius 1 is 0.800 bits per heavy atom. The summed E-state index contributed by atoms with van der Waals surface area (Å²) in [5, 5.41) is 10.8. The lowest BCUT2D eigenvalue weighted by Gasteiger charge is -2.22. The molecule has 1 aliphatic heterocycles. The Balaban J connectivity index is 1.77. The molecule has 0 aliphatic carbocycles. The molecule has 5 rings (SSSR count). The first-order chi connectivity index (χ1) is 12.4. The molecule has 0 aromatic heterocycles. The Kier molecular flexibility index (Phi) is 3.57. The molecular formula is C24H22S. The minimum absolute atomic E-state index is 0.312. The van der Waals surface area contributed by atoms with Gasteiger partial charge in [0.05, 0.1) is 0 Å². The van der Waals surface area contributed by atoms with Crippen LogP contribution in [-0.2, 0) is 0 Å². The molecule has 0 fully saturated rings. The highest BCUT2D eigenvalue weighted by Crippen LogP contribution is 2.53. The third-order valence-electron chi connectivity index (χ3n) is 5.38. The molecule has 0 N–H and O–H groups in total. The first kappa shape index (κ1) is 15.0. The zero-order valence-electron chi connectivity index (χ0n) is 14.5. The van der Waals surface area contributed by atoms with Gasteiger partial charge in [-0.2, -0.15) is 10.9 Å². The molecule has 0 saturated heterocycles. The maximum Gasteiger partial charge on any atom is 0.00266 e. The highest BCUT2D eigenvalue weighted by molar-refractivity contribution is 8.23. The number of thiol groups is 1. The number of hydrogen-bond acceptors (Lipinski definition) is 0. The zero-order valence-corrected chi connectivity index (χ0v) is 15.4. The van der Waals surface area contributed by atoms with Crippen molar-refractivity contribution in [1.29, 1.82) is 0 Å². The fraction of sp³-hybridized carbons (Fsp3) is 0.167. The lowest BCUT2D eigenvalue weighted by molar-refractivity contribution is 0.808. The van der Waals surface area contributed by atoms with Crippen LogP contribution in [0.25, 0.3) is 32.3 Å². The molecule has 124 valence electrons. The van der Waals surface area contributed by atoms with E-state index in [2.05, 4.69) is 79.1 Å². The molecule has 0 spiro atoms. The number of allylic oxidation sites excluding steroid dienone is 3. The molecule has 0 bridgehead atoms. The van der Waals surface area contributed by atoms with E-state index in [0.717, 1.165) is 0 Å². The normalized spacial score (nSPS) is 18.6. The molecule has 0 radical (unpaired) electrons. The third-order valence-corrected chi connectivity index (χ3v) is 7.76. The second-order valence-electron chi connectivity index (χ2n) is 6.91. The van der Waals surface area contributed by atoms with Crippen molar-refractivity contribution in [3.63, 3.8) is 0 Å². The standard InChI is InChI=1S/C24H22S/c1-2-3-8-20-9-5-16-25(20)22-15-13-19-11-10-17-6-4-7-18-12-14-21(22)24(19)23(17)18/h4-7,9-16,25H,2-3,8H2,1H3. The summed E-state index contributed by atoms with van der Waals surface area (Å²) in [6.45, 7) is 2.28. The maximum atomic E-state index is 2.44. The van der Waals surface area contributed by atoms with Gasteiger partial charge in [-0.15, -0.1) is 0 Å². The largest absolute Gasteiger partial charge is 0.183 e. The van der Waals surface area contributed by atoms with E-state index in [0.29, 0.717) is 0 Å². The third kappa shape index (κ3) is 2.30. The van der Waals surface area contributed by atoms with Crippen LogP contribution in [0.5, 0.6) is 0 Å². The van der Waals surface area contributed by atoms with Crippen LogP contribution in [0.2, 0.25) is 0 Å². The van der Waals surface area contributed by atoms with Crippen LogP contribution in [0.15, 0.2) is 82.0 Å². The van der Waals surface area contributed by atoms with Gasteiger partial charge >= 0.3 is 0 Å². The second-order valence-corrected chi connectivity index (χ2v) is 9.01. The van der Waals surface area contributed by atoms with Crippen molar-refractivity contribution >= 4 is 43.2 Å². The van der Waals surface area contributed by atoms with Crippen LogP contribution >= 0.6 is 10.9 Å². The van der Waals surface area contributed by atoms with Gasteiger partial charge in [0.1, 0.15) is 0 Å². The highest BCUT2D eigenvalue weighted by atomic mass is 32.2. The highest BCUT2D eigenvalue weighted by Gasteiger charge is 2.17. The van der Waals surface area contributed by atoms with Crippen LogP contribution in [0.4, 0.5) is 0 Å². The van der Waals surface area contributed by atoms with E-state index in [9.17, 15) is 0 Å². The summed E-state index contributed by atoms with van der Waals surface area (Å²) in [5.41, 5.74) is 0. The fourth-order valence-corrected chi connectivity index (χ4v) is 6.39. The smallest absolute Gasteiger partial charge is 0.00266 e. The van der Waals surface area contributed by atoms with E-state index in [1.54, 1.807) is 4.91 Å². The van der Waals surface area contributed by atoms with Gasteiger partial charge in [0, 0.05) is 4.90 Å². The Bertz CT molecular complexity index is 1120. The lowest BCUT2D eigenvalue weighted by Crippen LogP contribution is -1.89. The van der Waals surface area contributed by atoms with Crippen molar-refractivity contribution < 1.29 is 0 Å². The van der Waals surface area contributed by atoms with Crippen molar-refractivity contribution in [3.05, 3.63) is 77.1 Å². The van der Waals surface area contributed by atoms with Crippen molar-refractivity contribution in [1.82, 2.24) is 0 Å². The first-order valence-corrected chi connectivity index (χ1v) is 10.6. The SMILES string of the molecule is CCCCC1=CC=C[SH]1c1ccc2ccc3cccc4ccc1c2c34. The average Bonchev–Trinajstić information content (AvgIpc) is 3.12. The Hall–Kier alpha value is -2.25. The molecule has 1 atom stereocenters. The topological polar surface area (TPSA) is 0 Å². The molecule has 1 heteroatoms. The molecule has 1 heterocycles. The predicted octanol–water partition coefficient (Wildman–Crippen LogP) is 7.55. The van der Waals surface area contributed by atoms with Crippen LogP contribution in [-0.4, -0.2) is 0 Å². The zero-order chi connectivity index (χ0) is 16.8. The minimum atomic E-state index is -0.312. The molecule has 1 aliphatic rings. The number of hydrogen-bond donors (Lipinski definition) is 1. The summed E-state index contributed by atoms with van der Waals surface area (Å²) in [6.07, 6.45) is 8.42.